The molecule has 1 atom stereocenters. The number of rotatable bonds is 7. The molecule has 7 heteroatoms. The number of carbonyl (C=O) groups is 2. The number of hydrogen-bond acceptors (Lipinski definition) is 3. The van der Waals surface area contributed by atoms with Crippen molar-refractivity contribution in [2.75, 3.05) is 13.2 Å². The van der Waals surface area contributed by atoms with Crippen LogP contribution in [0.2, 0.25) is 0 Å². The summed E-state index contributed by atoms with van der Waals surface area (Å²) in [6, 6.07) is 5.95. The zero-order valence-electron chi connectivity index (χ0n) is 11.1. The predicted octanol–water partition coefficient (Wildman–Crippen LogP) is 1.93. The maximum Gasteiger partial charge on any atom is 0.335 e. The molecular weight excluding hydrogens is 284 g/mol. The Labute approximate surface area is 119 Å². The summed E-state index contributed by atoms with van der Waals surface area (Å²) in [6.45, 7) is 0.310. The molecule has 0 heterocycles. The van der Waals surface area contributed by atoms with Crippen molar-refractivity contribution in [1.82, 2.24) is 5.32 Å². The van der Waals surface area contributed by atoms with Crippen LogP contribution >= 0.6 is 0 Å². The Kier molecular flexibility index (Phi) is 4.40. The van der Waals surface area contributed by atoms with Crippen LogP contribution < -0.4 is 10.1 Å². The molecule has 0 radical (unpaired) electrons. The smallest absolute Gasteiger partial charge is 0.335 e. The third-order valence-corrected chi connectivity index (χ3v) is 3.16. The van der Waals surface area contributed by atoms with Crippen LogP contribution in [0.3, 0.4) is 0 Å². The number of halogens is 2. The van der Waals surface area contributed by atoms with Crippen LogP contribution in [0.4, 0.5) is 8.78 Å². The van der Waals surface area contributed by atoms with Crippen LogP contribution in [0.25, 0.3) is 0 Å². The third-order valence-electron chi connectivity index (χ3n) is 3.16. The summed E-state index contributed by atoms with van der Waals surface area (Å²) < 4.78 is 30.5. The van der Waals surface area contributed by atoms with E-state index in [1.807, 2.05) is 0 Å². The number of carboxylic acid groups (broad SMARTS) is 1. The molecule has 0 spiro atoms. The van der Waals surface area contributed by atoms with Gasteiger partial charge in [-0.2, -0.15) is 0 Å². The number of amides is 1. The highest BCUT2D eigenvalue weighted by Crippen LogP contribution is 2.50. The van der Waals surface area contributed by atoms with E-state index in [0.717, 1.165) is 0 Å². The molecule has 21 heavy (non-hydrogen) atoms. The second-order valence-corrected chi connectivity index (χ2v) is 4.90. The van der Waals surface area contributed by atoms with Gasteiger partial charge in [-0.15, -0.1) is 0 Å². The zero-order valence-corrected chi connectivity index (χ0v) is 11.1. The fourth-order valence-corrected chi connectivity index (χ4v) is 1.87. The van der Waals surface area contributed by atoms with Crippen molar-refractivity contribution in [2.45, 2.75) is 18.8 Å². The minimum atomic E-state index is -2.69. The van der Waals surface area contributed by atoms with Gasteiger partial charge in [0, 0.05) is 18.8 Å². The number of aromatic carboxylic acids is 1. The Balaban J connectivity index is 1.66. The van der Waals surface area contributed by atoms with Gasteiger partial charge >= 0.3 is 5.97 Å². The highest BCUT2D eigenvalue weighted by Gasteiger charge is 2.57. The van der Waals surface area contributed by atoms with Crippen molar-refractivity contribution in [1.29, 1.82) is 0 Å². The molecule has 114 valence electrons. The Morgan fingerprint density at radius 3 is 2.76 bits per heavy atom. The van der Waals surface area contributed by atoms with Crippen molar-refractivity contribution in [3.8, 4) is 5.75 Å². The number of benzene rings is 1. The average Bonchev–Trinajstić information content (AvgIpc) is 3.02. The lowest BCUT2D eigenvalue weighted by molar-refractivity contribution is -0.122. The summed E-state index contributed by atoms with van der Waals surface area (Å²) in [5.74, 6) is -4.65. The van der Waals surface area contributed by atoms with Gasteiger partial charge in [-0.1, -0.05) is 6.07 Å². The van der Waals surface area contributed by atoms with Gasteiger partial charge in [0.1, 0.15) is 12.4 Å². The molecule has 0 aromatic heterocycles. The molecule has 1 aromatic carbocycles. The van der Waals surface area contributed by atoms with E-state index < -0.39 is 23.7 Å². The van der Waals surface area contributed by atoms with Crippen LogP contribution in [-0.4, -0.2) is 36.1 Å². The van der Waals surface area contributed by atoms with Crippen molar-refractivity contribution >= 4 is 11.9 Å². The van der Waals surface area contributed by atoms with Gasteiger partial charge in [0.25, 0.3) is 5.92 Å². The first-order valence-corrected chi connectivity index (χ1v) is 6.49. The van der Waals surface area contributed by atoms with E-state index >= 15 is 0 Å². The number of alkyl halides is 2. The van der Waals surface area contributed by atoms with E-state index in [4.69, 9.17) is 9.84 Å². The van der Waals surface area contributed by atoms with Crippen molar-refractivity contribution < 1.29 is 28.2 Å². The Bertz CT molecular complexity index is 548. The minimum absolute atomic E-state index is 0.104. The molecule has 0 bridgehead atoms. The van der Waals surface area contributed by atoms with Gasteiger partial charge in [-0.3, -0.25) is 4.79 Å². The summed E-state index contributed by atoms with van der Waals surface area (Å²) in [6.07, 6.45) is -0.402. The van der Waals surface area contributed by atoms with Crippen LogP contribution in [0, 0.1) is 5.92 Å². The van der Waals surface area contributed by atoms with Gasteiger partial charge in [0.15, 0.2) is 0 Å². The van der Waals surface area contributed by atoms with Crippen LogP contribution in [-0.2, 0) is 4.79 Å². The second kappa shape index (κ2) is 6.07. The number of nitrogens with one attached hydrogen (secondary N) is 1. The quantitative estimate of drug-likeness (QED) is 0.754. The fraction of sp³-hybridized carbons (Fsp3) is 0.429. The SMILES string of the molecule is O=C(CC1CC1(F)F)NCCOc1cccc(C(=O)O)c1. The summed E-state index contributed by atoms with van der Waals surface area (Å²) in [5.41, 5.74) is 0.104. The van der Waals surface area contributed by atoms with Crippen LogP contribution in [0.1, 0.15) is 23.2 Å². The minimum Gasteiger partial charge on any atom is -0.492 e. The molecule has 1 aliphatic carbocycles. The molecule has 1 fully saturated rings. The Hall–Kier alpha value is -2.18. The second-order valence-electron chi connectivity index (χ2n) is 4.90. The predicted molar refractivity (Wildman–Crippen MR) is 69.6 cm³/mol. The summed E-state index contributed by atoms with van der Waals surface area (Å²) in [5, 5.41) is 11.3. The molecule has 0 saturated heterocycles. The van der Waals surface area contributed by atoms with Gasteiger partial charge < -0.3 is 15.2 Å². The van der Waals surface area contributed by atoms with E-state index in [1.165, 1.54) is 12.1 Å². The number of carbonyl (C=O) groups excluding carboxylic acids is 1. The largest absolute Gasteiger partial charge is 0.492 e. The Morgan fingerprint density at radius 1 is 1.43 bits per heavy atom. The van der Waals surface area contributed by atoms with Gasteiger partial charge in [-0.25, -0.2) is 13.6 Å². The van der Waals surface area contributed by atoms with Gasteiger partial charge in [-0.05, 0) is 18.2 Å². The van der Waals surface area contributed by atoms with Crippen LogP contribution in [0.5, 0.6) is 5.75 Å². The molecule has 1 aromatic rings. The number of hydrogen-bond donors (Lipinski definition) is 2. The van der Waals surface area contributed by atoms with Gasteiger partial charge in [0.2, 0.25) is 5.91 Å². The third kappa shape index (κ3) is 4.40. The molecule has 5 nitrogen and oxygen atoms in total. The number of carboxylic acids is 1. The highest BCUT2D eigenvalue weighted by molar-refractivity contribution is 5.88. The summed E-state index contributed by atoms with van der Waals surface area (Å²) in [7, 11) is 0. The Morgan fingerprint density at radius 2 is 2.14 bits per heavy atom. The van der Waals surface area contributed by atoms with Crippen molar-refractivity contribution in [3.63, 3.8) is 0 Å². The number of ether oxygens (including phenoxy) is 1. The molecule has 1 saturated carbocycles. The highest BCUT2D eigenvalue weighted by atomic mass is 19.3. The maximum absolute atomic E-state index is 12.6. The monoisotopic (exact) mass is 299 g/mol. The fourth-order valence-electron chi connectivity index (χ4n) is 1.87. The lowest BCUT2D eigenvalue weighted by Gasteiger charge is -2.08. The maximum atomic E-state index is 12.6. The van der Waals surface area contributed by atoms with Crippen molar-refractivity contribution in [2.24, 2.45) is 5.92 Å². The molecule has 1 unspecified atom stereocenters. The van der Waals surface area contributed by atoms with E-state index in [0.29, 0.717) is 5.75 Å². The lowest BCUT2D eigenvalue weighted by Crippen LogP contribution is -2.28. The summed E-state index contributed by atoms with van der Waals surface area (Å²) in [4.78, 5) is 22.1. The first-order chi connectivity index (χ1) is 9.88. The van der Waals surface area contributed by atoms with E-state index in [1.54, 1.807) is 12.1 Å². The van der Waals surface area contributed by atoms with Crippen molar-refractivity contribution in [3.05, 3.63) is 29.8 Å². The first-order valence-electron chi connectivity index (χ1n) is 6.49. The molecular formula is C14H15F2NO4. The molecule has 0 aliphatic heterocycles. The van der Waals surface area contributed by atoms with E-state index in [2.05, 4.69) is 5.32 Å². The first kappa shape index (κ1) is 15.2. The lowest BCUT2D eigenvalue weighted by atomic mass is 10.2. The summed E-state index contributed by atoms with van der Waals surface area (Å²) >= 11 is 0. The van der Waals surface area contributed by atoms with Crippen LogP contribution in [0.15, 0.2) is 24.3 Å². The topological polar surface area (TPSA) is 75.6 Å². The normalized spacial score (nSPS) is 18.9. The molecule has 1 amide bonds. The molecule has 2 rings (SSSR count). The van der Waals surface area contributed by atoms with Gasteiger partial charge in [0.05, 0.1) is 12.1 Å². The molecule has 2 N–H and O–H groups in total. The standard InChI is InChI=1S/C14H15F2NO4/c15-14(16)8-10(14)7-12(18)17-4-5-21-11-3-1-2-9(6-11)13(19)20/h1-3,6,10H,4-5,7-8H2,(H,17,18)(H,19,20). The zero-order chi connectivity index (χ0) is 15.5. The molecule has 1 aliphatic rings. The average molecular weight is 299 g/mol. The van der Waals surface area contributed by atoms with E-state index in [-0.39, 0.29) is 31.6 Å². The van der Waals surface area contributed by atoms with E-state index in [9.17, 15) is 18.4 Å².